The Kier molecular flexibility index (Phi) is 30.3. The van der Waals surface area contributed by atoms with Gasteiger partial charge in [-0.2, -0.15) is 8.42 Å². The highest BCUT2D eigenvalue weighted by molar-refractivity contribution is 7.80. The highest BCUT2D eigenvalue weighted by atomic mass is 32.3. The Morgan fingerprint density at radius 3 is 1.83 bits per heavy atom. The minimum absolute atomic E-state index is 0.0283. The van der Waals surface area contributed by atoms with E-state index >= 15 is 0 Å². The Hall–Kier alpha value is -1.97. The number of hydrogen-bond acceptors (Lipinski definition) is 6. The first-order valence-electron chi connectivity index (χ1n) is 18.2. The van der Waals surface area contributed by atoms with Crippen molar-refractivity contribution in [2.45, 2.75) is 175 Å². The number of ether oxygens (including phenoxy) is 1. The summed E-state index contributed by atoms with van der Waals surface area (Å²) in [4.78, 5) is 24.1. The third-order valence-electron chi connectivity index (χ3n) is 7.92. The van der Waals surface area contributed by atoms with E-state index in [9.17, 15) is 18.0 Å². The number of unbranched alkanes of at least 4 members (excludes halogenated alkanes) is 15. The Morgan fingerprint density at radius 2 is 1.26 bits per heavy atom. The average Bonchev–Trinajstić information content (AvgIpc) is 3.01. The van der Waals surface area contributed by atoms with Crippen LogP contribution in [0.25, 0.3) is 0 Å². The molecule has 9 heteroatoms. The minimum Gasteiger partial charge on any atom is -0.462 e. The van der Waals surface area contributed by atoms with Gasteiger partial charge in [-0.25, -0.2) is 4.18 Å². The topological polar surface area (TPSA) is 119 Å². The molecule has 0 radical (unpaired) electrons. The molecule has 0 spiro atoms. The second kappa shape index (κ2) is 31.6. The van der Waals surface area contributed by atoms with E-state index in [0.29, 0.717) is 6.42 Å². The molecule has 0 aliphatic carbocycles. The molecule has 0 aromatic rings. The second-order valence-corrected chi connectivity index (χ2v) is 13.5. The molecule has 2 N–H and O–H groups in total. The van der Waals surface area contributed by atoms with Gasteiger partial charge < -0.3 is 10.1 Å². The summed E-state index contributed by atoms with van der Waals surface area (Å²) in [6, 6.07) is 0. The zero-order valence-corrected chi connectivity index (χ0v) is 30.3. The lowest BCUT2D eigenvalue weighted by Gasteiger charge is -2.16. The van der Waals surface area contributed by atoms with Crippen LogP contribution >= 0.6 is 0 Å². The van der Waals surface area contributed by atoms with Gasteiger partial charge in [0.15, 0.2) is 0 Å². The lowest BCUT2D eigenvalue weighted by Crippen LogP contribution is -2.26. The van der Waals surface area contributed by atoms with Gasteiger partial charge in [-0.05, 0) is 77.6 Å². The van der Waals surface area contributed by atoms with E-state index in [0.717, 1.165) is 63.4 Å². The number of hydrogen-bond donors (Lipinski definition) is 2. The molecule has 268 valence electrons. The maximum atomic E-state index is 12.3. The van der Waals surface area contributed by atoms with Crippen LogP contribution in [0.3, 0.4) is 0 Å². The van der Waals surface area contributed by atoms with E-state index in [2.05, 4.69) is 40.7 Å². The molecule has 0 saturated carbocycles. The number of allylic oxidation sites excluding steroid dienone is 5. The van der Waals surface area contributed by atoms with Gasteiger partial charge in [-0.15, -0.1) is 0 Å². The van der Waals surface area contributed by atoms with Crippen molar-refractivity contribution in [1.29, 1.82) is 0 Å². The van der Waals surface area contributed by atoms with Crippen molar-refractivity contribution >= 4 is 22.3 Å². The molecule has 0 aromatic heterocycles. The van der Waals surface area contributed by atoms with Crippen LogP contribution in [-0.2, 0) is 28.9 Å². The first-order valence-corrected chi connectivity index (χ1v) is 19.6. The van der Waals surface area contributed by atoms with Crippen LogP contribution in [-0.4, -0.2) is 44.1 Å². The van der Waals surface area contributed by atoms with Crippen molar-refractivity contribution in [3.8, 4) is 0 Å². The maximum absolute atomic E-state index is 12.3. The molecule has 0 aromatic carbocycles. The Balaban J connectivity index is 3.72. The van der Waals surface area contributed by atoms with E-state index in [1.807, 2.05) is 13.8 Å². The first-order chi connectivity index (χ1) is 22.2. The summed E-state index contributed by atoms with van der Waals surface area (Å²) in [5.41, 5.74) is 0.900. The lowest BCUT2D eigenvalue weighted by atomic mass is 10.0. The number of esters is 1. The summed E-state index contributed by atoms with van der Waals surface area (Å²) in [5, 5.41) is 2.50. The van der Waals surface area contributed by atoms with Crippen molar-refractivity contribution in [2.75, 3.05) is 13.2 Å². The zero-order valence-electron chi connectivity index (χ0n) is 29.4. The van der Waals surface area contributed by atoms with Crippen LogP contribution in [0.1, 0.15) is 168 Å². The van der Waals surface area contributed by atoms with Crippen LogP contribution < -0.4 is 5.32 Å². The summed E-state index contributed by atoms with van der Waals surface area (Å²) in [6.45, 7) is 5.80. The van der Waals surface area contributed by atoms with Gasteiger partial charge >= 0.3 is 16.4 Å². The normalized spacial score (nSPS) is 13.1. The summed E-state index contributed by atoms with van der Waals surface area (Å²) in [7, 11) is -4.50. The fourth-order valence-electron chi connectivity index (χ4n) is 5.17. The summed E-state index contributed by atoms with van der Waals surface area (Å²) >= 11 is 0. The van der Waals surface area contributed by atoms with Crippen LogP contribution in [0.4, 0.5) is 0 Å². The van der Waals surface area contributed by atoms with Crippen molar-refractivity contribution < 1.29 is 31.5 Å². The number of rotatable bonds is 32. The van der Waals surface area contributed by atoms with Gasteiger partial charge in [0.1, 0.15) is 6.10 Å². The van der Waals surface area contributed by atoms with Crippen molar-refractivity contribution in [3.05, 3.63) is 36.0 Å². The predicted molar refractivity (Wildman–Crippen MR) is 190 cm³/mol. The Bertz CT molecular complexity index is 943. The molecule has 0 rings (SSSR count). The number of amides is 1. The molecule has 0 saturated heterocycles. The van der Waals surface area contributed by atoms with E-state index in [1.54, 1.807) is 0 Å². The van der Waals surface area contributed by atoms with Gasteiger partial charge in [0.2, 0.25) is 5.91 Å². The monoisotopic (exact) mass is 669 g/mol. The highest BCUT2D eigenvalue weighted by Gasteiger charge is 2.12. The van der Waals surface area contributed by atoms with Gasteiger partial charge in [0.05, 0.1) is 6.61 Å². The summed E-state index contributed by atoms with van der Waals surface area (Å²) in [5.74, 6) is -0.476. The van der Waals surface area contributed by atoms with Crippen LogP contribution in [0.15, 0.2) is 36.0 Å². The molecule has 8 nitrogen and oxygen atoms in total. The molecule has 46 heavy (non-hydrogen) atoms. The summed E-state index contributed by atoms with van der Waals surface area (Å²) in [6.07, 6.45) is 36.6. The fraction of sp³-hybridized carbons (Fsp3) is 0.784. The molecule has 0 heterocycles. The predicted octanol–water partition coefficient (Wildman–Crippen LogP) is 9.90. The second-order valence-electron chi connectivity index (χ2n) is 12.4. The summed E-state index contributed by atoms with van der Waals surface area (Å²) < 4.78 is 39.3. The number of nitrogens with one attached hydrogen (secondary N) is 1. The van der Waals surface area contributed by atoms with Crippen LogP contribution in [0.5, 0.6) is 0 Å². The van der Waals surface area contributed by atoms with E-state index in [1.165, 1.54) is 89.5 Å². The molecule has 1 amide bonds. The van der Waals surface area contributed by atoms with Crippen molar-refractivity contribution in [1.82, 2.24) is 5.32 Å². The van der Waals surface area contributed by atoms with Crippen LogP contribution in [0.2, 0.25) is 0 Å². The van der Waals surface area contributed by atoms with Gasteiger partial charge in [0, 0.05) is 19.0 Å². The molecule has 0 fully saturated rings. The zero-order chi connectivity index (χ0) is 34.1. The van der Waals surface area contributed by atoms with Gasteiger partial charge in [-0.3, -0.25) is 14.1 Å². The third kappa shape index (κ3) is 33.4. The van der Waals surface area contributed by atoms with Gasteiger partial charge in [0.25, 0.3) is 0 Å². The molecule has 0 aliphatic rings. The molecule has 0 unspecified atom stereocenters. The standard InChI is InChI=1S/C37H67NO7S/c1-4-6-7-8-9-10-11-12-13-14-15-16-17-18-19-20-21-22-23-24-25-30-37(40)45-35(5-2)29-27-26-28-34(3)33-36(39)38-31-32-44-46(41,42)43/h18-19,22-23,33,35H,4-17,20-21,24-32H2,1-3H3,(H,38,39)(H,41,42,43)/b19-18-,23-22-,34-33-/t35-/m1/s1. The van der Waals surface area contributed by atoms with Crippen molar-refractivity contribution in [2.24, 2.45) is 0 Å². The van der Waals surface area contributed by atoms with Gasteiger partial charge in [-0.1, -0.05) is 114 Å². The Morgan fingerprint density at radius 1 is 0.717 bits per heavy atom. The SMILES string of the molecule is CCCCCCCCCCCCCC/C=C\CC/C=C\CCCC(=O)O[C@H](CC)CCCC/C(C)=C\C(=O)NCCOS(=O)(=O)O. The molecule has 1 atom stereocenters. The number of carbonyl (C=O) groups excluding carboxylic acids is 2. The largest absolute Gasteiger partial charge is 0.462 e. The minimum atomic E-state index is -4.50. The molecule has 0 aliphatic heterocycles. The highest BCUT2D eigenvalue weighted by Crippen LogP contribution is 2.15. The van der Waals surface area contributed by atoms with E-state index < -0.39 is 10.4 Å². The lowest BCUT2D eigenvalue weighted by molar-refractivity contribution is -0.149. The Labute approximate surface area is 282 Å². The maximum Gasteiger partial charge on any atom is 0.397 e. The average molecular weight is 670 g/mol. The quantitative estimate of drug-likeness (QED) is 0.0241. The fourth-order valence-corrected chi connectivity index (χ4v) is 5.46. The van der Waals surface area contributed by atoms with Crippen molar-refractivity contribution in [3.63, 3.8) is 0 Å². The molecular formula is C37H67NO7S. The smallest absolute Gasteiger partial charge is 0.397 e. The third-order valence-corrected chi connectivity index (χ3v) is 8.39. The molecular weight excluding hydrogens is 602 g/mol. The van der Waals surface area contributed by atoms with E-state index in [4.69, 9.17) is 9.29 Å². The van der Waals surface area contributed by atoms with Crippen LogP contribution in [0, 0.1) is 0 Å². The first kappa shape index (κ1) is 44.0. The number of carbonyl (C=O) groups is 2. The molecule has 0 bridgehead atoms. The van der Waals surface area contributed by atoms with E-state index in [-0.39, 0.29) is 31.1 Å².